The van der Waals surface area contributed by atoms with Crippen molar-refractivity contribution in [2.75, 3.05) is 5.75 Å². The molecule has 0 aliphatic carbocycles. The van der Waals surface area contributed by atoms with Crippen molar-refractivity contribution in [3.05, 3.63) is 12.2 Å². The van der Waals surface area contributed by atoms with Gasteiger partial charge in [-0.2, -0.15) is 0 Å². The van der Waals surface area contributed by atoms with Crippen LogP contribution in [0.4, 0.5) is 0 Å². The molecular formula is C9H14O3S. The van der Waals surface area contributed by atoms with Gasteiger partial charge < -0.3 is 4.79 Å². The van der Waals surface area contributed by atoms with Crippen molar-refractivity contribution >= 4 is 16.1 Å². The molecule has 3 nitrogen and oxygen atoms in total. The zero-order valence-corrected chi connectivity index (χ0v) is 8.29. The van der Waals surface area contributed by atoms with Crippen LogP contribution < -0.4 is 0 Å². The van der Waals surface area contributed by atoms with E-state index in [2.05, 4.69) is 0 Å². The maximum absolute atomic E-state index is 11.3. The third-order valence-corrected chi connectivity index (χ3v) is 4.56. The lowest BCUT2D eigenvalue weighted by molar-refractivity contribution is -0.107. The Morgan fingerprint density at radius 3 is 2.62 bits per heavy atom. The zero-order chi connectivity index (χ0) is 9.73. The summed E-state index contributed by atoms with van der Waals surface area (Å²) in [5, 5.41) is -0.199. The topological polar surface area (TPSA) is 51.2 Å². The van der Waals surface area contributed by atoms with E-state index in [0.717, 1.165) is 19.1 Å². The molecule has 1 heterocycles. The standard InChI is InChI=1S/C9H14O3S/c10-7-3-1-2-5-9-6-4-8-13(9,11)12/h1-2,7,9H,3-6,8H2/b2-1-. The van der Waals surface area contributed by atoms with Crippen LogP contribution in [-0.2, 0) is 14.6 Å². The second-order valence-corrected chi connectivity index (χ2v) is 5.64. The fourth-order valence-corrected chi connectivity index (χ4v) is 3.36. The molecule has 1 aliphatic heterocycles. The molecule has 74 valence electrons. The molecule has 1 aliphatic rings. The zero-order valence-electron chi connectivity index (χ0n) is 7.48. The normalized spacial score (nSPS) is 26.6. The van der Waals surface area contributed by atoms with Gasteiger partial charge in [0.2, 0.25) is 0 Å². The highest BCUT2D eigenvalue weighted by molar-refractivity contribution is 7.92. The van der Waals surface area contributed by atoms with E-state index in [1.165, 1.54) is 0 Å². The molecule has 0 N–H and O–H groups in total. The molecule has 13 heavy (non-hydrogen) atoms. The highest BCUT2D eigenvalue weighted by Gasteiger charge is 2.29. The summed E-state index contributed by atoms with van der Waals surface area (Å²) in [6.07, 6.45) is 6.83. The molecule has 0 amide bonds. The predicted octanol–water partition coefficient (Wildman–Crippen LogP) is 1.10. The van der Waals surface area contributed by atoms with E-state index < -0.39 is 9.84 Å². The Bertz CT molecular complexity index is 290. The number of carbonyl (C=O) groups excluding carboxylic acids is 1. The summed E-state index contributed by atoms with van der Waals surface area (Å²) < 4.78 is 22.6. The smallest absolute Gasteiger partial charge is 0.153 e. The van der Waals surface area contributed by atoms with Gasteiger partial charge in [-0.25, -0.2) is 8.42 Å². The largest absolute Gasteiger partial charge is 0.303 e. The van der Waals surface area contributed by atoms with E-state index in [1.807, 2.05) is 0 Å². The Hall–Kier alpha value is -0.640. The van der Waals surface area contributed by atoms with E-state index in [-0.39, 0.29) is 5.25 Å². The van der Waals surface area contributed by atoms with E-state index in [0.29, 0.717) is 18.6 Å². The molecule has 1 saturated heterocycles. The Morgan fingerprint density at radius 2 is 2.08 bits per heavy atom. The maximum Gasteiger partial charge on any atom is 0.153 e. The summed E-state index contributed by atoms with van der Waals surface area (Å²) in [7, 11) is -2.81. The lowest BCUT2D eigenvalue weighted by Gasteiger charge is -2.03. The summed E-state index contributed by atoms with van der Waals surface area (Å²) in [5.74, 6) is 0.333. The summed E-state index contributed by atoms with van der Waals surface area (Å²) in [6, 6.07) is 0. The van der Waals surface area contributed by atoms with Crippen molar-refractivity contribution in [1.82, 2.24) is 0 Å². The summed E-state index contributed by atoms with van der Waals surface area (Å²) in [4.78, 5) is 9.96. The minimum atomic E-state index is -2.81. The average Bonchev–Trinajstić information content (AvgIpc) is 2.40. The van der Waals surface area contributed by atoms with Crippen molar-refractivity contribution in [3.8, 4) is 0 Å². The van der Waals surface area contributed by atoms with Gasteiger partial charge in [0.15, 0.2) is 9.84 Å². The monoisotopic (exact) mass is 202 g/mol. The van der Waals surface area contributed by atoms with Crippen molar-refractivity contribution in [2.24, 2.45) is 0 Å². The van der Waals surface area contributed by atoms with Crippen LogP contribution in [0.25, 0.3) is 0 Å². The lowest BCUT2D eigenvalue weighted by Crippen LogP contribution is -2.14. The number of carbonyl (C=O) groups is 1. The molecule has 4 heteroatoms. The van der Waals surface area contributed by atoms with Gasteiger partial charge in [0.25, 0.3) is 0 Å². The van der Waals surface area contributed by atoms with Gasteiger partial charge in [-0.05, 0) is 19.3 Å². The second-order valence-electron chi connectivity index (χ2n) is 3.24. The van der Waals surface area contributed by atoms with Crippen LogP contribution in [0.2, 0.25) is 0 Å². The second kappa shape index (κ2) is 4.56. The van der Waals surface area contributed by atoms with Gasteiger partial charge in [0.1, 0.15) is 6.29 Å². The first-order valence-corrected chi connectivity index (χ1v) is 6.18. The van der Waals surface area contributed by atoms with Crippen LogP contribution in [0, 0.1) is 0 Å². The Morgan fingerprint density at radius 1 is 1.31 bits per heavy atom. The molecular weight excluding hydrogens is 188 g/mol. The van der Waals surface area contributed by atoms with Gasteiger partial charge in [0, 0.05) is 6.42 Å². The van der Waals surface area contributed by atoms with Crippen molar-refractivity contribution < 1.29 is 13.2 Å². The van der Waals surface area contributed by atoms with Crippen LogP contribution in [-0.4, -0.2) is 25.7 Å². The molecule has 1 fully saturated rings. The highest BCUT2D eigenvalue weighted by atomic mass is 32.2. The molecule has 0 aromatic rings. The fourth-order valence-electron chi connectivity index (χ4n) is 1.52. The Labute approximate surface area is 78.8 Å². The quantitative estimate of drug-likeness (QED) is 0.506. The Balaban J connectivity index is 2.41. The van der Waals surface area contributed by atoms with E-state index in [9.17, 15) is 13.2 Å². The highest BCUT2D eigenvalue weighted by Crippen LogP contribution is 2.22. The van der Waals surface area contributed by atoms with Crippen molar-refractivity contribution in [1.29, 1.82) is 0 Å². The molecule has 0 bridgehead atoms. The van der Waals surface area contributed by atoms with Crippen LogP contribution in [0.1, 0.15) is 25.7 Å². The van der Waals surface area contributed by atoms with Crippen LogP contribution >= 0.6 is 0 Å². The maximum atomic E-state index is 11.3. The number of allylic oxidation sites excluding steroid dienone is 2. The van der Waals surface area contributed by atoms with Crippen molar-refractivity contribution in [2.45, 2.75) is 30.9 Å². The molecule has 0 aromatic carbocycles. The fraction of sp³-hybridized carbons (Fsp3) is 0.667. The number of rotatable bonds is 4. The van der Waals surface area contributed by atoms with Crippen LogP contribution in [0.3, 0.4) is 0 Å². The van der Waals surface area contributed by atoms with Gasteiger partial charge in [-0.1, -0.05) is 12.2 Å². The van der Waals surface area contributed by atoms with Gasteiger partial charge in [-0.15, -0.1) is 0 Å². The average molecular weight is 202 g/mol. The molecule has 1 unspecified atom stereocenters. The molecule has 1 rings (SSSR count). The molecule has 0 aromatic heterocycles. The molecule has 1 atom stereocenters. The van der Waals surface area contributed by atoms with Gasteiger partial charge >= 0.3 is 0 Å². The first-order chi connectivity index (χ1) is 6.17. The summed E-state index contributed by atoms with van der Waals surface area (Å²) >= 11 is 0. The Kier molecular flexibility index (Phi) is 3.66. The molecule has 0 spiro atoms. The van der Waals surface area contributed by atoms with Crippen LogP contribution in [0.5, 0.6) is 0 Å². The van der Waals surface area contributed by atoms with E-state index in [4.69, 9.17) is 0 Å². The number of sulfone groups is 1. The predicted molar refractivity (Wildman–Crippen MR) is 51.2 cm³/mol. The first-order valence-electron chi connectivity index (χ1n) is 4.47. The molecule has 0 radical (unpaired) electrons. The third-order valence-electron chi connectivity index (χ3n) is 2.26. The van der Waals surface area contributed by atoms with E-state index in [1.54, 1.807) is 12.2 Å². The van der Waals surface area contributed by atoms with Gasteiger partial charge in [0.05, 0.1) is 11.0 Å². The third kappa shape index (κ3) is 2.95. The minimum absolute atomic E-state index is 0.199. The summed E-state index contributed by atoms with van der Waals surface area (Å²) in [6.45, 7) is 0. The van der Waals surface area contributed by atoms with Gasteiger partial charge in [-0.3, -0.25) is 0 Å². The van der Waals surface area contributed by atoms with E-state index >= 15 is 0 Å². The SMILES string of the molecule is O=CC/C=C\CC1CCCS1(=O)=O. The minimum Gasteiger partial charge on any atom is -0.303 e. The number of aldehydes is 1. The van der Waals surface area contributed by atoms with Crippen molar-refractivity contribution in [3.63, 3.8) is 0 Å². The first kappa shape index (κ1) is 10.4. The summed E-state index contributed by atoms with van der Waals surface area (Å²) in [5.41, 5.74) is 0. The number of hydrogen-bond donors (Lipinski definition) is 0. The molecule has 0 saturated carbocycles. The van der Waals surface area contributed by atoms with Crippen LogP contribution in [0.15, 0.2) is 12.2 Å². The number of hydrogen-bond acceptors (Lipinski definition) is 3. The lowest BCUT2D eigenvalue weighted by atomic mass is 10.2.